The van der Waals surface area contributed by atoms with Gasteiger partial charge in [0.15, 0.2) is 0 Å². The maximum atomic E-state index is 9.90. The number of anilines is 1. The Morgan fingerprint density at radius 2 is 2.16 bits per heavy atom. The van der Waals surface area contributed by atoms with Crippen LogP contribution in [-0.2, 0) is 0 Å². The summed E-state index contributed by atoms with van der Waals surface area (Å²) in [6.07, 6.45) is 4.76. The minimum atomic E-state index is -0.569. The molecule has 3 aromatic heterocycles. The van der Waals surface area contributed by atoms with Crippen LogP contribution in [0.1, 0.15) is 25.3 Å². The van der Waals surface area contributed by atoms with Gasteiger partial charge in [-0.1, -0.05) is 0 Å². The third kappa shape index (κ3) is 2.99. The second-order valence-electron chi connectivity index (χ2n) is 6.71. The van der Waals surface area contributed by atoms with Gasteiger partial charge in [-0.25, -0.2) is 4.52 Å². The molecule has 0 saturated heterocycles. The quantitative estimate of drug-likeness (QED) is 0.707. The molecule has 0 radical (unpaired) electrons. The Balaban J connectivity index is 1.67. The highest BCUT2D eigenvalue weighted by molar-refractivity contribution is 9.10. The number of fused-ring (bicyclic) bond motifs is 1. The maximum absolute atomic E-state index is 9.90. The van der Waals surface area contributed by atoms with E-state index in [4.69, 9.17) is 5.26 Å². The zero-order valence-corrected chi connectivity index (χ0v) is 15.2. The lowest BCUT2D eigenvalue weighted by molar-refractivity contribution is -0.0234. The SMILES string of the molecule is CC1(O)CC(Nc2cc(-c3ccc4cc(C#N)cnn34)ncc2Br)C1. The summed E-state index contributed by atoms with van der Waals surface area (Å²) in [6.45, 7) is 1.85. The zero-order chi connectivity index (χ0) is 17.6. The molecule has 0 aliphatic heterocycles. The summed E-state index contributed by atoms with van der Waals surface area (Å²) >= 11 is 3.53. The maximum Gasteiger partial charge on any atom is 0.101 e. The Labute approximate surface area is 153 Å². The fourth-order valence-electron chi connectivity index (χ4n) is 3.27. The first-order valence-corrected chi connectivity index (χ1v) is 8.77. The number of nitrogens with one attached hydrogen (secondary N) is 1. The van der Waals surface area contributed by atoms with Gasteiger partial charge in [0.2, 0.25) is 0 Å². The van der Waals surface area contributed by atoms with Crippen LogP contribution in [-0.4, -0.2) is 31.3 Å². The van der Waals surface area contributed by atoms with Crippen LogP contribution in [0, 0.1) is 11.3 Å². The van der Waals surface area contributed by atoms with Crippen LogP contribution in [0.15, 0.2) is 41.1 Å². The van der Waals surface area contributed by atoms with E-state index in [0.717, 1.165) is 39.9 Å². The molecule has 3 heterocycles. The van der Waals surface area contributed by atoms with E-state index >= 15 is 0 Å². The minimum Gasteiger partial charge on any atom is -0.390 e. The summed E-state index contributed by atoms with van der Waals surface area (Å²) < 4.78 is 2.65. The number of nitriles is 1. The van der Waals surface area contributed by atoms with E-state index in [0.29, 0.717) is 5.56 Å². The number of nitrogens with zero attached hydrogens (tertiary/aromatic N) is 4. The van der Waals surface area contributed by atoms with Crippen molar-refractivity contribution in [3.8, 4) is 17.5 Å². The van der Waals surface area contributed by atoms with E-state index in [9.17, 15) is 5.11 Å². The summed E-state index contributed by atoms with van der Waals surface area (Å²) in [6, 6.07) is 9.98. The molecule has 0 aromatic carbocycles. The van der Waals surface area contributed by atoms with E-state index in [1.807, 2.05) is 25.1 Å². The smallest absolute Gasteiger partial charge is 0.101 e. The van der Waals surface area contributed by atoms with Crippen molar-refractivity contribution >= 4 is 27.1 Å². The topological polar surface area (TPSA) is 86.2 Å². The molecular formula is C18H16BrN5O. The fourth-order valence-corrected chi connectivity index (χ4v) is 3.60. The summed E-state index contributed by atoms with van der Waals surface area (Å²) in [5.74, 6) is 0. The van der Waals surface area contributed by atoms with Gasteiger partial charge in [0.05, 0.1) is 44.4 Å². The average Bonchev–Trinajstić information content (AvgIpc) is 2.98. The average molecular weight is 398 g/mol. The van der Waals surface area contributed by atoms with Gasteiger partial charge in [-0.3, -0.25) is 4.98 Å². The van der Waals surface area contributed by atoms with Crippen molar-refractivity contribution in [1.82, 2.24) is 14.6 Å². The van der Waals surface area contributed by atoms with Crippen LogP contribution in [0.3, 0.4) is 0 Å². The monoisotopic (exact) mass is 397 g/mol. The largest absolute Gasteiger partial charge is 0.390 e. The van der Waals surface area contributed by atoms with Crippen LogP contribution in [0.4, 0.5) is 5.69 Å². The fraction of sp³-hybridized carbons (Fsp3) is 0.278. The zero-order valence-electron chi connectivity index (χ0n) is 13.6. The molecule has 0 amide bonds. The molecule has 7 heteroatoms. The standard InChI is InChI=1S/C18H16BrN5O/c1-18(25)6-12(7-18)23-15-5-16(21-10-14(15)19)17-3-2-13-4-11(8-20)9-22-24(13)17/h2-5,9-10,12,25H,6-7H2,1H3,(H,21,23). The number of pyridine rings is 1. The van der Waals surface area contributed by atoms with Crippen molar-refractivity contribution in [2.24, 2.45) is 0 Å². The number of halogens is 1. The second kappa shape index (κ2) is 5.83. The molecule has 126 valence electrons. The van der Waals surface area contributed by atoms with Crippen LogP contribution in [0.25, 0.3) is 16.9 Å². The van der Waals surface area contributed by atoms with Crippen molar-refractivity contribution in [2.75, 3.05) is 5.32 Å². The summed E-state index contributed by atoms with van der Waals surface area (Å²) in [5.41, 5.74) is 3.39. The van der Waals surface area contributed by atoms with Gasteiger partial charge in [0.1, 0.15) is 6.07 Å². The predicted octanol–water partition coefficient (Wildman–Crippen LogP) is 3.36. The van der Waals surface area contributed by atoms with Gasteiger partial charge in [-0.05, 0) is 60.0 Å². The van der Waals surface area contributed by atoms with Crippen molar-refractivity contribution in [2.45, 2.75) is 31.4 Å². The first-order chi connectivity index (χ1) is 11.9. The molecule has 1 aliphatic rings. The van der Waals surface area contributed by atoms with Crippen molar-refractivity contribution in [1.29, 1.82) is 5.26 Å². The first-order valence-electron chi connectivity index (χ1n) is 7.98. The van der Waals surface area contributed by atoms with Crippen molar-refractivity contribution in [3.63, 3.8) is 0 Å². The Kier molecular flexibility index (Phi) is 3.74. The molecule has 25 heavy (non-hydrogen) atoms. The van der Waals surface area contributed by atoms with E-state index in [2.05, 4.69) is 37.4 Å². The summed E-state index contributed by atoms with van der Waals surface area (Å²) in [5, 5.41) is 26.7. The Morgan fingerprint density at radius 3 is 2.88 bits per heavy atom. The lowest BCUT2D eigenvalue weighted by Gasteiger charge is -2.41. The van der Waals surface area contributed by atoms with Gasteiger partial charge in [0, 0.05) is 12.2 Å². The molecule has 2 N–H and O–H groups in total. The van der Waals surface area contributed by atoms with Gasteiger partial charge in [0.25, 0.3) is 0 Å². The molecule has 1 saturated carbocycles. The van der Waals surface area contributed by atoms with E-state index in [1.54, 1.807) is 23.0 Å². The first kappa shape index (κ1) is 16.1. The predicted molar refractivity (Wildman–Crippen MR) is 98.1 cm³/mol. The molecule has 6 nitrogen and oxygen atoms in total. The van der Waals surface area contributed by atoms with E-state index in [1.165, 1.54) is 0 Å². The minimum absolute atomic E-state index is 0.252. The molecule has 1 fully saturated rings. The molecular weight excluding hydrogens is 382 g/mol. The van der Waals surface area contributed by atoms with Crippen molar-refractivity contribution < 1.29 is 5.11 Å². The van der Waals surface area contributed by atoms with Gasteiger partial charge in [-0.15, -0.1) is 0 Å². The van der Waals surface area contributed by atoms with Crippen LogP contribution in [0.5, 0.6) is 0 Å². The van der Waals surface area contributed by atoms with E-state index < -0.39 is 5.60 Å². The highest BCUT2D eigenvalue weighted by Gasteiger charge is 2.38. The number of rotatable bonds is 3. The number of hydrogen-bond acceptors (Lipinski definition) is 5. The highest BCUT2D eigenvalue weighted by atomic mass is 79.9. The molecule has 0 unspecified atom stereocenters. The molecule has 1 aliphatic carbocycles. The third-order valence-corrected chi connectivity index (χ3v) is 5.11. The van der Waals surface area contributed by atoms with Crippen LogP contribution >= 0.6 is 15.9 Å². The van der Waals surface area contributed by atoms with Crippen LogP contribution < -0.4 is 5.32 Å². The lowest BCUT2D eigenvalue weighted by Crippen LogP contribution is -2.48. The third-order valence-electron chi connectivity index (χ3n) is 4.48. The number of aliphatic hydroxyl groups is 1. The van der Waals surface area contributed by atoms with E-state index in [-0.39, 0.29) is 6.04 Å². The molecule has 0 atom stereocenters. The lowest BCUT2D eigenvalue weighted by atomic mass is 9.77. The Hall–Kier alpha value is -2.43. The highest BCUT2D eigenvalue weighted by Crippen LogP contribution is 2.36. The number of aromatic nitrogens is 3. The Morgan fingerprint density at radius 1 is 1.36 bits per heavy atom. The van der Waals surface area contributed by atoms with Gasteiger partial charge in [-0.2, -0.15) is 10.4 Å². The second-order valence-corrected chi connectivity index (χ2v) is 7.56. The van der Waals surface area contributed by atoms with Crippen LogP contribution in [0.2, 0.25) is 0 Å². The summed E-state index contributed by atoms with van der Waals surface area (Å²) in [4.78, 5) is 4.49. The Bertz CT molecular complexity index is 996. The van der Waals surface area contributed by atoms with Crippen molar-refractivity contribution in [3.05, 3.63) is 46.7 Å². The molecule has 3 aromatic rings. The van der Waals surface area contributed by atoms with Gasteiger partial charge >= 0.3 is 0 Å². The normalized spacial score (nSPS) is 22.4. The summed E-state index contributed by atoms with van der Waals surface area (Å²) in [7, 11) is 0. The molecule has 0 spiro atoms. The van der Waals surface area contributed by atoms with Gasteiger partial charge < -0.3 is 10.4 Å². The molecule has 0 bridgehead atoms. The molecule has 4 rings (SSSR count). The number of hydrogen-bond donors (Lipinski definition) is 2.